The van der Waals surface area contributed by atoms with Crippen LogP contribution in [0.15, 0.2) is 47.4 Å². The highest BCUT2D eigenvalue weighted by Gasteiger charge is 2.21. The maximum absolute atomic E-state index is 11.7. The van der Waals surface area contributed by atoms with Crippen molar-refractivity contribution in [3.05, 3.63) is 64.1 Å². The molecule has 1 amide bonds. The van der Waals surface area contributed by atoms with E-state index < -0.39 is 0 Å². The Kier molecular flexibility index (Phi) is 4.89. The van der Waals surface area contributed by atoms with E-state index >= 15 is 0 Å². The molecule has 1 unspecified atom stereocenters. The Morgan fingerprint density at radius 2 is 2.12 bits per heavy atom. The number of hydrogen-bond acceptors (Lipinski definition) is 4. The molecule has 0 spiro atoms. The van der Waals surface area contributed by atoms with Crippen LogP contribution < -0.4 is 14.8 Å². The van der Waals surface area contributed by atoms with Crippen LogP contribution in [-0.2, 0) is 17.6 Å². The highest BCUT2D eigenvalue weighted by atomic mass is 32.2. The molecule has 4 nitrogen and oxygen atoms in total. The summed E-state index contributed by atoms with van der Waals surface area (Å²) in [6.07, 6.45) is 5.03. The third-order valence-corrected chi connectivity index (χ3v) is 5.62. The second kappa shape index (κ2) is 7.46. The summed E-state index contributed by atoms with van der Waals surface area (Å²) in [5, 5.41) is 2.81. The number of aryl methyl sites for hydroxylation is 1. The zero-order valence-electron chi connectivity index (χ0n) is 14.7. The van der Waals surface area contributed by atoms with E-state index in [4.69, 9.17) is 9.47 Å². The van der Waals surface area contributed by atoms with Crippen LogP contribution in [0.2, 0.25) is 0 Å². The van der Waals surface area contributed by atoms with E-state index in [1.54, 1.807) is 18.9 Å². The summed E-state index contributed by atoms with van der Waals surface area (Å²) < 4.78 is 11.4. The van der Waals surface area contributed by atoms with Crippen LogP contribution in [0.1, 0.15) is 23.1 Å². The molecule has 134 valence electrons. The van der Waals surface area contributed by atoms with Crippen molar-refractivity contribution in [2.24, 2.45) is 0 Å². The number of hydrogen-bond donors (Lipinski definition) is 1. The molecule has 1 fully saturated rings. The number of ether oxygens (including phenoxy) is 2. The minimum Gasteiger partial charge on any atom is -0.497 e. The summed E-state index contributed by atoms with van der Waals surface area (Å²) >= 11 is 1.55. The first kappa shape index (κ1) is 17.0. The third kappa shape index (κ3) is 3.73. The summed E-state index contributed by atoms with van der Waals surface area (Å²) in [4.78, 5) is 12.5. The minimum absolute atomic E-state index is 0.0172. The lowest BCUT2D eigenvalue weighted by molar-refractivity contribution is -0.116. The molecule has 0 radical (unpaired) electrons. The molecule has 0 saturated carbocycles. The first-order chi connectivity index (χ1) is 12.7. The average Bonchev–Trinajstić information content (AvgIpc) is 3.07. The largest absolute Gasteiger partial charge is 0.497 e. The Morgan fingerprint density at radius 1 is 1.27 bits per heavy atom. The molecule has 2 aliphatic heterocycles. The molecule has 1 N–H and O–H groups in total. The molecular formula is C21H21NO3S. The Morgan fingerprint density at radius 3 is 2.85 bits per heavy atom. The van der Waals surface area contributed by atoms with Gasteiger partial charge in [0.2, 0.25) is 0 Å². The molecule has 1 atom stereocenters. The number of benzene rings is 2. The fourth-order valence-corrected chi connectivity index (χ4v) is 4.09. The Balaban J connectivity index is 1.44. The molecule has 2 heterocycles. The van der Waals surface area contributed by atoms with Crippen LogP contribution >= 0.6 is 11.8 Å². The number of thioether (sulfide) groups is 1. The molecule has 0 bridgehead atoms. The topological polar surface area (TPSA) is 47.6 Å². The SMILES string of the molecule is COc1ccc(CC2CCc3cc(/C=C4/SCNC4=O)ccc3O2)cc1. The van der Waals surface area contributed by atoms with Crippen molar-refractivity contribution in [1.29, 1.82) is 0 Å². The van der Waals surface area contributed by atoms with E-state index in [1.165, 1.54) is 11.1 Å². The fraction of sp³-hybridized carbons (Fsp3) is 0.286. The first-order valence-electron chi connectivity index (χ1n) is 8.76. The summed E-state index contributed by atoms with van der Waals surface area (Å²) in [5.41, 5.74) is 3.53. The molecule has 2 aromatic rings. The van der Waals surface area contributed by atoms with E-state index in [1.807, 2.05) is 30.3 Å². The standard InChI is InChI=1S/C21H21NO3S/c1-24-17-6-2-14(3-7-17)11-18-8-5-16-10-15(4-9-19(16)25-18)12-20-21(23)22-13-26-20/h2-4,6-7,9-10,12,18H,5,8,11,13H2,1H3,(H,22,23)/b20-12+. The third-order valence-electron chi connectivity index (χ3n) is 4.72. The minimum atomic E-state index is 0.0172. The van der Waals surface area contributed by atoms with Gasteiger partial charge in [-0.15, -0.1) is 0 Å². The van der Waals surface area contributed by atoms with Crippen LogP contribution in [0.25, 0.3) is 6.08 Å². The van der Waals surface area contributed by atoms with Gasteiger partial charge in [-0.05, 0) is 59.9 Å². The summed E-state index contributed by atoms with van der Waals surface area (Å²) in [7, 11) is 1.68. The lowest BCUT2D eigenvalue weighted by Crippen LogP contribution is -2.25. The molecular weight excluding hydrogens is 346 g/mol. The molecule has 2 aromatic carbocycles. The van der Waals surface area contributed by atoms with Gasteiger partial charge in [-0.1, -0.05) is 30.0 Å². The van der Waals surface area contributed by atoms with Crippen LogP contribution in [0.5, 0.6) is 11.5 Å². The molecule has 0 aliphatic carbocycles. The van der Waals surface area contributed by atoms with Gasteiger partial charge in [0.15, 0.2) is 0 Å². The van der Waals surface area contributed by atoms with Crippen molar-refractivity contribution in [2.45, 2.75) is 25.4 Å². The lowest BCUT2D eigenvalue weighted by atomic mass is 9.96. The van der Waals surface area contributed by atoms with Gasteiger partial charge in [-0.25, -0.2) is 0 Å². The van der Waals surface area contributed by atoms with Crippen molar-refractivity contribution in [1.82, 2.24) is 5.32 Å². The van der Waals surface area contributed by atoms with Gasteiger partial charge in [0.05, 0.1) is 17.9 Å². The maximum Gasteiger partial charge on any atom is 0.258 e. The second-order valence-corrected chi connectivity index (χ2v) is 7.52. The molecule has 1 saturated heterocycles. The average molecular weight is 367 g/mol. The van der Waals surface area contributed by atoms with E-state index in [-0.39, 0.29) is 12.0 Å². The van der Waals surface area contributed by atoms with Gasteiger partial charge in [0, 0.05) is 6.42 Å². The summed E-state index contributed by atoms with van der Waals surface area (Å²) in [6, 6.07) is 14.4. The second-order valence-electron chi connectivity index (χ2n) is 6.50. The fourth-order valence-electron chi connectivity index (χ4n) is 3.31. The van der Waals surface area contributed by atoms with Crippen molar-refractivity contribution < 1.29 is 14.3 Å². The van der Waals surface area contributed by atoms with Crippen molar-refractivity contribution in [3.63, 3.8) is 0 Å². The number of carbonyl (C=O) groups is 1. The zero-order valence-corrected chi connectivity index (χ0v) is 15.5. The van der Waals surface area contributed by atoms with Crippen LogP contribution in [0.4, 0.5) is 0 Å². The van der Waals surface area contributed by atoms with Crippen molar-refractivity contribution in [2.75, 3.05) is 13.0 Å². The first-order valence-corrected chi connectivity index (χ1v) is 9.75. The van der Waals surface area contributed by atoms with Crippen LogP contribution in [0, 0.1) is 0 Å². The number of carbonyl (C=O) groups excluding carboxylic acids is 1. The number of methoxy groups -OCH3 is 1. The monoisotopic (exact) mass is 367 g/mol. The predicted molar refractivity (Wildman–Crippen MR) is 104 cm³/mol. The number of fused-ring (bicyclic) bond motifs is 1. The van der Waals surface area contributed by atoms with Crippen LogP contribution in [-0.4, -0.2) is 25.0 Å². The molecule has 5 heteroatoms. The quantitative estimate of drug-likeness (QED) is 0.835. The smallest absolute Gasteiger partial charge is 0.258 e. The number of rotatable bonds is 4. The molecule has 26 heavy (non-hydrogen) atoms. The predicted octanol–water partition coefficient (Wildman–Crippen LogP) is 3.79. The van der Waals surface area contributed by atoms with Gasteiger partial charge in [0.25, 0.3) is 5.91 Å². The maximum atomic E-state index is 11.7. The van der Waals surface area contributed by atoms with E-state index in [2.05, 4.69) is 23.5 Å². The van der Waals surface area contributed by atoms with Gasteiger partial charge < -0.3 is 14.8 Å². The van der Waals surface area contributed by atoms with Gasteiger partial charge >= 0.3 is 0 Å². The molecule has 4 rings (SSSR count). The van der Waals surface area contributed by atoms with Crippen molar-refractivity contribution in [3.8, 4) is 11.5 Å². The van der Waals surface area contributed by atoms with Gasteiger partial charge in [0.1, 0.15) is 17.6 Å². The highest BCUT2D eigenvalue weighted by Crippen LogP contribution is 2.31. The lowest BCUT2D eigenvalue weighted by Gasteiger charge is -2.26. The van der Waals surface area contributed by atoms with E-state index in [0.29, 0.717) is 5.88 Å². The van der Waals surface area contributed by atoms with Crippen molar-refractivity contribution >= 4 is 23.7 Å². The highest BCUT2D eigenvalue weighted by molar-refractivity contribution is 8.04. The number of amides is 1. The van der Waals surface area contributed by atoms with E-state index in [9.17, 15) is 4.79 Å². The Labute approximate surface area is 157 Å². The van der Waals surface area contributed by atoms with E-state index in [0.717, 1.165) is 41.2 Å². The zero-order chi connectivity index (χ0) is 17.9. The van der Waals surface area contributed by atoms with Crippen LogP contribution in [0.3, 0.4) is 0 Å². The summed E-state index contributed by atoms with van der Waals surface area (Å²) in [5.74, 6) is 2.51. The Hall–Kier alpha value is -2.40. The summed E-state index contributed by atoms with van der Waals surface area (Å²) in [6.45, 7) is 0. The molecule has 2 aliphatic rings. The van der Waals surface area contributed by atoms with Gasteiger partial charge in [-0.2, -0.15) is 0 Å². The van der Waals surface area contributed by atoms with Gasteiger partial charge in [-0.3, -0.25) is 4.79 Å². The molecule has 0 aromatic heterocycles. The normalized spacial score (nSPS) is 20.4. The Bertz CT molecular complexity index is 845. The number of nitrogens with one attached hydrogen (secondary N) is 1.